The first-order chi connectivity index (χ1) is 9.59. The second kappa shape index (κ2) is 5.66. The zero-order chi connectivity index (χ0) is 15.8. The monoisotopic (exact) mass is 298 g/mol. The predicted octanol–water partition coefficient (Wildman–Crippen LogP) is 6.33. The van der Waals surface area contributed by atoms with E-state index in [0.717, 1.165) is 25.7 Å². The molecule has 0 aliphatic heterocycles. The molecule has 3 heteroatoms. The van der Waals surface area contributed by atoms with Crippen LogP contribution in [0.2, 0.25) is 0 Å². The first kappa shape index (κ1) is 16.4. The molecule has 0 radical (unpaired) electrons. The van der Waals surface area contributed by atoms with Gasteiger partial charge in [-0.2, -0.15) is 13.2 Å². The summed E-state index contributed by atoms with van der Waals surface area (Å²) in [6.07, 6.45) is -0.455. The molecule has 1 aliphatic rings. The third-order valence-corrected chi connectivity index (χ3v) is 4.91. The lowest BCUT2D eigenvalue weighted by molar-refractivity contribution is -0.138. The van der Waals surface area contributed by atoms with Gasteiger partial charge >= 0.3 is 6.18 Å². The molecular weight excluding hydrogens is 273 g/mol. The van der Waals surface area contributed by atoms with E-state index in [1.54, 1.807) is 19.1 Å². The van der Waals surface area contributed by atoms with Gasteiger partial charge in [0.25, 0.3) is 0 Å². The van der Waals surface area contributed by atoms with Gasteiger partial charge < -0.3 is 0 Å². The fourth-order valence-electron chi connectivity index (χ4n) is 3.54. The standard InChI is InChI=1S/C18H25F3/c1-12-5-10-15(16(11-12)18(19,20)21)13-6-8-14(9-7-13)17(2,3)4/h5,10-11,13-14H,6-9H2,1-4H3/t13-,14-. The van der Waals surface area contributed by atoms with Gasteiger partial charge in [0, 0.05) is 0 Å². The van der Waals surface area contributed by atoms with Crippen LogP contribution in [-0.2, 0) is 6.18 Å². The van der Waals surface area contributed by atoms with Gasteiger partial charge in [-0.25, -0.2) is 0 Å². The van der Waals surface area contributed by atoms with E-state index in [2.05, 4.69) is 20.8 Å². The van der Waals surface area contributed by atoms with Crippen molar-refractivity contribution in [3.63, 3.8) is 0 Å². The molecule has 1 aromatic rings. The number of benzene rings is 1. The summed E-state index contributed by atoms with van der Waals surface area (Å²) in [6, 6.07) is 4.80. The Bertz CT molecular complexity index is 486. The molecule has 0 N–H and O–H groups in total. The van der Waals surface area contributed by atoms with Crippen molar-refractivity contribution in [3.8, 4) is 0 Å². The van der Waals surface area contributed by atoms with Crippen molar-refractivity contribution in [1.29, 1.82) is 0 Å². The highest BCUT2D eigenvalue weighted by Crippen LogP contribution is 2.46. The number of hydrogen-bond donors (Lipinski definition) is 0. The van der Waals surface area contributed by atoms with Crippen LogP contribution in [0.15, 0.2) is 18.2 Å². The largest absolute Gasteiger partial charge is 0.416 e. The molecule has 0 heterocycles. The molecule has 1 fully saturated rings. The van der Waals surface area contributed by atoms with E-state index >= 15 is 0 Å². The lowest BCUT2D eigenvalue weighted by atomic mass is 9.68. The van der Waals surface area contributed by atoms with Crippen LogP contribution in [0.3, 0.4) is 0 Å². The van der Waals surface area contributed by atoms with Crippen LogP contribution in [0.5, 0.6) is 0 Å². The summed E-state index contributed by atoms with van der Waals surface area (Å²) < 4.78 is 39.7. The highest BCUT2D eigenvalue weighted by molar-refractivity contribution is 5.36. The molecule has 21 heavy (non-hydrogen) atoms. The molecule has 0 atom stereocenters. The molecule has 0 amide bonds. The normalized spacial score (nSPS) is 24.1. The minimum absolute atomic E-state index is 0.0563. The number of alkyl halides is 3. The summed E-state index contributed by atoms with van der Waals surface area (Å²) in [4.78, 5) is 0. The average molecular weight is 298 g/mol. The van der Waals surface area contributed by atoms with Crippen molar-refractivity contribution in [3.05, 3.63) is 34.9 Å². The molecule has 2 rings (SSSR count). The number of rotatable bonds is 1. The summed E-state index contributed by atoms with van der Waals surface area (Å²) in [5.41, 5.74) is 1.00. The maximum Gasteiger partial charge on any atom is 0.416 e. The van der Waals surface area contributed by atoms with Crippen molar-refractivity contribution in [2.75, 3.05) is 0 Å². The Balaban J connectivity index is 2.21. The molecule has 0 unspecified atom stereocenters. The Morgan fingerprint density at radius 1 is 0.952 bits per heavy atom. The van der Waals surface area contributed by atoms with E-state index in [1.807, 2.05) is 0 Å². The topological polar surface area (TPSA) is 0 Å². The van der Waals surface area contributed by atoms with Crippen molar-refractivity contribution < 1.29 is 13.2 Å². The molecule has 0 saturated heterocycles. The summed E-state index contributed by atoms with van der Waals surface area (Å²) in [6.45, 7) is 8.40. The van der Waals surface area contributed by atoms with Gasteiger partial charge in [-0.3, -0.25) is 0 Å². The molecule has 118 valence electrons. The van der Waals surface area contributed by atoms with Gasteiger partial charge in [0.2, 0.25) is 0 Å². The first-order valence-electron chi connectivity index (χ1n) is 7.77. The van der Waals surface area contributed by atoms with Gasteiger partial charge in [0.1, 0.15) is 0 Å². The Morgan fingerprint density at radius 2 is 1.52 bits per heavy atom. The Kier molecular flexibility index (Phi) is 4.41. The van der Waals surface area contributed by atoms with Crippen molar-refractivity contribution in [2.24, 2.45) is 11.3 Å². The number of aryl methyl sites for hydroxylation is 1. The lowest BCUT2D eigenvalue weighted by Crippen LogP contribution is -2.26. The Labute approximate surface area is 125 Å². The van der Waals surface area contributed by atoms with Gasteiger partial charge in [-0.1, -0.05) is 38.5 Å². The molecule has 0 bridgehead atoms. The predicted molar refractivity (Wildman–Crippen MR) is 80.3 cm³/mol. The molecule has 1 aliphatic carbocycles. The van der Waals surface area contributed by atoms with Crippen molar-refractivity contribution in [1.82, 2.24) is 0 Å². The van der Waals surface area contributed by atoms with Crippen LogP contribution in [0, 0.1) is 18.3 Å². The van der Waals surface area contributed by atoms with Crippen LogP contribution in [0.4, 0.5) is 13.2 Å². The fraction of sp³-hybridized carbons (Fsp3) is 0.667. The molecule has 1 saturated carbocycles. The van der Waals surface area contributed by atoms with Crippen molar-refractivity contribution >= 4 is 0 Å². The summed E-state index contributed by atoms with van der Waals surface area (Å²) >= 11 is 0. The average Bonchev–Trinajstić information content (AvgIpc) is 2.37. The van der Waals surface area contributed by atoms with Crippen LogP contribution in [0.25, 0.3) is 0 Å². The molecule has 0 aromatic heterocycles. The second-order valence-electron chi connectivity index (χ2n) is 7.50. The van der Waals surface area contributed by atoms with Crippen LogP contribution >= 0.6 is 0 Å². The molecule has 0 nitrogen and oxygen atoms in total. The third kappa shape index (κ3) is 3.81. The molecular formula is C18H25F3. The van der Waals surface area contributed by atoms with Gasteiger partial charge in [-0.05, 0) is 61.5 Å². The minimum atomic E-state index is -4.25. The smallest absolute Gasteiger partial charge is 0.166 e. The van der Waals surface area contributed by atoms with E-state index in [1.165, 1.54) is 6.07 Å². The fourth-order valence-corrected chi connectivity index (χ4v) is 3.54. The minimum Gasteiger partial charge on any atom is -0.166 e. The zero-order valence-corrected chi connectivity index (χ0v) is 13.3. The maximum atomic E-state index is 13.2. The van der Waals surface area contributed by atoms with E-state index in [4.69, 9.17) is 0 Å². The quantitative estimate of drug-likeness (QED) is 0.568. The summed E-state index contributed by atoms with van der Waals surface area (Å²) in [5, 5.41) is 0. The van der Waals surface area contributed by atoms with Gasteiger partial charge in [0.05, 0.1) is 5.56 Å². The Morgan fingerprint density at radius 3 is 2.00 bits per heavy atom. The Hall–Kier alpha value is -0.990. The van der Waals surface area contributed by atoms with E-state index in [9.17, 15) is 13.2 Å². The van der Waals surface area contributed by atoms with Crippen molar-refractivity contribution in [2.45, 2.75) is 65.5 Å². The summed E-state index contributed by atoms with van der Waals surface area (Å²) in [5.74, 6) is 0.675. The SMILES string of the molecule is Cc1ccc([C@H]2CC[C@H](C(C)(C)C)CC2)c(C(F)(F)F)c1. The molecule has 1 aromatic carbocycles. The van der Waals surface area contributed by atoms with E-state index in [0.29, 0.717) is 17.0 Å². The maximum absolute atomic E-state index is 13.2. The van der Waals surface area contributed by atoms with E-state index in [-0.39, 0.29) is 11.3 Å². The van der Waals surface area contributed by atoms with E-state index < -0.39 is 11.7 Å². The van der Waals surface area contributed by atoms with Crippen LogP contribution < -0.4 is 0 Å². The molecule has 0 spiro atoms. The number of hydrogen-bond acceptors (Lipinski definition) is 0. The first-order valence-corrected chi connectivity index (χ1v) is 7.77. The number of halogens is 3. The highest BCUT2D eigenvalue weighted by atomic mass is 19.4. The second-order valence-corrected chi connectivity index (χ2v) is 7.50. The van der Waals surface area contributed by atoms with Gasteiger partial charge in [0.15, 0.2) is 0 Å². The van der Waals surface area contributed by atoms with Gasteiger partial charge in [-0.15, -0.1) is 0 Å². The zero-order valence-electron chi connectivity index (χ0n) is 13.3. The highest BCUT2D eigenvalue weighted by Gasteiger charge is 2.37. The summed E-state index contributed by atoms with van der Waals surface area (Å²) in [7, 11) is 0. The van der Waals surface area contributed by atoms with Crippen LogP contribution in [0.1, 0.15) is 69.1 Å². The lowest BCUT2D eigenvalue weighted by Gasteiger charge is -2.37. The van der Waals surface area contributed by atoms with Crippen LogP contribution in [-0.4, -0.2) is 0 Å². The third-order valence-electron chi connectivity index (χ3n) is 4.91.